The number of nitrogens with two attached hydrogens (primary N) is 1. The maximum atomic E-state index is 12.0. The Balaban J connectivity index is 2.45. The zero-order valence-corrected chi connectivity index (χ0v) is 10.7. The number of aliphatic carboxylic acids is 1. The Morgan fingerprint density at radius 1 is 1.44 bits per heavy atom. The first-order valence-corrected chi connectivity index (χ1v) is 6.33. The largest absolute Gasteiger partial charge is 0.479 e. The van der Waals surface area contributed by atoms with Crippen LogP contribution in [0.2, 0.25) is 0 Å². The number of ether oxygens (including phenoxy) is 1. The van der Waals surface area contributed by atoms with Gasteiger partial charge in [-0.25, -0.2) is 4.79 Å². The van der Waals surface area contributed by atoms with Gasteiger partial charge in [-0.15, -0.1) is 0 Å². The van der Waals surface area contributed by atoms with Gasteiger partial charge in [0, 0.05) is 13.0 Å². The number of methoxy groups -OCH3 is 1. The van der Waals surface area contributed by atoms with Crippen LogP contribution in [0.1, 0.15) is 25.7 Å². The van der Waals surface area contributed by atoms with E-state index in [0.717, 1.165) is 25.7 Å². The molecule has 0 aromatic heterocycles. The Hall–Kier alpha value is -1.14. The Kier molecular flexibility index (Phi) is 6.07. The van der Waals surface area contributed by atoms with Crippen LogP contribution in [0, 0.1) is 11.8 Å². The van der Waals surface area contributed by atoms with E-state index in [9.17, 15) is 9.59 Å². The molecule has 104 valence electrons. The van der Waals surface area contributed by atoms with Gasteiger partial charge in [-0.05, 0) is 25.3 Å². The lowest BCUT2D eigenvalue weighted by Gasteiger charge is -2.29. The molecule has 0 saturated heterocycles. The highest BCUT2D eigenvalue weighted by Gasteiger charge is 2.30. The zero-order valence-electron chi connectivity index (χ0n) is 10.7. The van der Waals surface area contributed by atoms with E-state index >= 15 is 0 Å². The summed E-state index contributed by atoms with van der Waals surface area (Å²) < 4.78 is 4.76. The van der Waals surface area contributed by atoms with Gasteiger partial charge in [0.2, 0.25) is 5.91 Å². The minimum atomic E-state index is -1.07. The smallest absolute Gasteiger partial charge is 0.334 e. The molecule has 3 unspecified atom stereocenters. The van der Waals surface area contributed by atoms with Crippen molar-refractivity contribution in [1.82, 2.24) is 5.32 Å². The van der Waals surface area contributed by atoms with Crippen molar-refractivity contribution in [2.75, 3.05) is 20.2 Å². The van der Waals surface area contributed by atoms with Crippen LogP contribution in [0.5, 0.6) is 0 Å². The Morgan fingerprint density at radius 3 is 2.67 bits per heavy atom. The fraction of sp³-hybridized carbons (Fsp3) is 0.833. The van der Waals surface area contributed by atoms with E-state index in [2.05, 4.69) is 5.32 Å². The van der Waals surface area contributed by atoms with Gasteiger partial charge in [0.1, 0.15) is 0 Å². The molecule has 0 spiro atoms. The van der Waals surface area contributed by atoms with Crippen LogP contribution in [0.15, 0.2) is 0 Å². The lowest BCUT2D eigenvalue weighted by Crippen LogP contribution is -2.44. The van der Waals surface area contributed by atoms with Gasteiger partial charge in [-0.1, -0.05) is 12.8 Å². The van der Waals surface area contributed by atoms with Crippen LogP contribution in [0.4, 0.5) is 0 Å². The molecule has 1 aliphatic carbocycles. The topological polar surface area (TPSA) is 102 Å². The minimum absolute atomic E-state index is 0.00153. The summed E-state index contributed by atoms with van der Waals surface area (Å²) in [6.45, 7) is 0.503. The Bertz CT molecular complexity index is 296. The highest BCUT2D eigenvalue weighted by atomic mass is 16.5. The number of carbonyl (C=O) groups is 2. The van der Waals surface area contributed by atoms with Crippen LogP contribution in [-0.2, 0) is 14.3 Å². The summed E-state index contributed by atoms with van der Waals surface area (Å²) in [4.78, 5) is 22.7. The van der Waals surface area contributed by atoms with E-state index in [1.807, 2.05) is 0 Å². The summed E-state index contributed by atoms with van der Waals surface area (Å²) in [5.41, 5.74) is 5.66. The monoisotopic (exact) mass is 258 g/mol. The second kappa shape index (κ2) is 7.33. The van der Waals surface area contributed by atoms with E-state index in [-0.39, 0.29) is 24.3 Å². The van der Waals surface area contributed by atoms with Crippen LogP contribution in [-0.4, -0.2) is 43.3 Å². The van der Waals surface area contributed by atoms with Crippen molar-refractivity contribution in [3.8, 4) is 0 Å². The number of carbonyl (C=O) groups excluding carboxylic acids is 1. The first-order valence-electron chi connectivity index (χ1n) is 6.33. The van der Waals surface area contributed by atoms with Gasteiger partial charge in [0.25, 0.3) is 0 Å². The number of rotatable bonds is 6. The van der Waals surface area contributed by atoms with Crippen molar-refractivity contribution in [2.24, 2.45) is 17.6 Å². The standard InChI is InChI=1S/C12H22N2O4/c1-18-10(12(16)17)7-14-11(15)9-5-3-2-4-8(9)6-13/h8-10H,2-7,13H2,1H3,(H,14,15)(H,16,17). The van der Waals surface area contributed by atoms with Gasteiger partial charge in [-0.3, -0.25) is 4.79 Å². The molecule has 1 rings (SSSR count). The number of carboxylic acids is 1. The van der Waals surface area contributed by atoms with Crippen molar-refractivity contribution in [2.45, 2.75) is 31.8 Å². The fourth-order valence-corrected chi connectivity index (χ4v) is 2.43. The Morgan fingerprint density at radius 2 is 2.11 bits per heavy atom. The summed E-state index contributed by atoms with van der Waals surface area (Å²) in [5, 5.41) is 11.4. The third kappa shape index (κ3) is 3.96. The van der Waals surface area contributed by atoms with E-state index in [1.54, 1.807) is 0 Å². The average molecular weight is 258 g/mol. The van der Waals surface area contributed by atoms with Gasteiger partial charge in [0.05, 0.1) is 6.54 Å². The predicted molar refractivity (Wildman–Crippen MR) is 65.9 cm³/mol. The Labute approximate surface area is 107 Å². The van der Waals surface area contributed by atoms with Crippen LogP contribution < -0.4 is 11.1 Å². The second-order valence-corrected chi connectivity index (χ2v) is 4.69. The van der Waals surface area contributed by atoms with Gasteiger partial charge in [-0.2, -0.15) is 0 Å². The van der Waals surface area contributed by atoms with Crippen molar-refractivity contribution in [3.63, 3.8) is 0 Å². The maximum Gasteiger partial charge on any atom is 0.334 e. The van der Waals surface area contributed by atoms with Gasteiger partial charge >= 0.3 is 5.97 Å². The lowest BCUT2D eigenvalue weighted by atomic mass is 9.79. The molecule has 0 aromatic rings. The van der Waals surface area contributed by atoms with Crippen molar-refractivity contribution >= 4 is 11.9 Å². The van der Waals surface area contributed by atoms with Crippen LogP contribution in [0.25, 0.3) is 0 Å². The SMILES string of the molecule is COC(CNC(=O)C1CCCCC1CN)C(=O)O. The van der Waals surface area contributed by atoms with Gasteiger partial charge in [0.15, 0.2) is 6.10 Å². The van der Waals surface area contributed by atoms with Gasteiger partial charge < -0.3 is 20.9 Å². The quantitative estimate of drug-likeness (QED) is 0.621. The predicted octanol–water partition coefficient (Wildman–Crippen LogP) is -0.0327. The van der Waals surface area contributed by atoms with Crippen molar-refractivity contribution in [1.29, 1.82) is 0 Å². The summed E-state index contributed by atoms with van der Waals surface area (Å²) in [6, 6.07) is 0. The molecule has 0 aliphatic heterocycles. The summed E-state index contributed by atoms with van der Waals surface area (Å²) >= 11 is 0. The molecule has 6 heteroatoms. The summed E-state index contributed by atoms with van der Waals surface area (Å²) in [5.74, 6) is -1.05. The van der Waals surface area contributed by atoms with E-state index in [0.29, 0.717) is 6.54 Å². The summed E-state index contributed by atoms with van der Waals surface area (Å²) in [6.07, 6.45) is 2.95. The molecule has 1 fully saturated rings. The maximum absolute atomic E-state index is 12.0. The van der Waals surface area contributed by atoms with Crippen LogP contribution >= 0.6 is 0 Å². The molecule has 1 aliphatic rings. The minimum Gasteiger partial charge on any atom is -0.479 e. The normalized spacial score (nSPS) is 25.4. The molecule has 3 atom stereocenters. The fourth-order valence-electron chi connectivity index (χ4n) is 2.43. The van der Waals surface area contributed by atoms with Crippen LogP contribution in [0.3, 0.4) is 0 Å². The van der Waals surface area contributed by atoms with E-state index < -0.39 is 12.1 Å². The molecule has 0 aromatic carbocycles. The molecular weight excluding hydrogens is 236 g/mol. The number of hydrogen-bond acceptors (Lipinski definition) is 4. The molecule has 1 amide bonds. The highest BCUT2D eigenvalue weighted by molar-refractivity contribution is 5.80. The molecule has 0 radical (unpaired) electrons. The van der Waals surface area contributed by atoms with E-state index in [4.69, 9.17) is 15.6 Å². The molecule has 18 heavy (non-hydrogen) atoms. The molecule has 4 N–H and O–H groups in total. The highest BCUT2D eigenvalue weighted by Crippen LogP contribution is 2.29. The molecule has 0 heterocycles. The summed E-state index contributed by atoms with van der Waals surface area (Å²) in [7, 11) is 1.31. The van der Waals surface area contributed by atoms with E-state index in [1.165, 1.54) is 7.11 Å². The molecule has 6 nitrogen and oxygen atoms in total. The number of nitrogens with one attached hydrogen (secondary N) is 1. The van der Waals surface area contributed by atoms with Crippen molar-refractivity contribution in [3.05, 3.63) is 0 Å². The molecular formula is C12H22N2O4. The zero-order chi connectivity index (χ0) is 13.5. The number of carboxylic acid groups (broad SMARTS) is 1. The first kappa shape index (κ1) is 14.9. The molecule has 1 saturated carbocycles. The third-order valence-corrected chi connectivity index (χ3v) is 3.57. The third-order valence-electron chi connectivity index (χ3n) is 3.57. The lowest BCUT2D eigenvalue weighted by molar-refractivity contribution is -0.148. The second-order valence-electron chi connectivity index (χ2n) is 4.69. The first-order chi connectivity index (χ1) is 8.60. The average Bonchev–Trinajstić information content (AvgIpc) is 2.38. The van der Waals surface area contributed by atoms with Crippen molar-refractivity contribution < 1.29 is 19.4 Å². The molecule has 0 bridgehead atoms. The number of hydrogen-bond donors (Lipinski definition) is 3. The number of amides is 1.